The molecular formula is C18H36IN5O2. The highest BCUT2D eigenvalue weighted by Crippen LogP contribution is 2.17. The number of carbonyl (C=O) groups excluding carboxylic acids is 1. The zero-order valence-corrected chi connectivity index (χ0v) is 18.8. The largest absolute Gasteiger partial charge is 0.381 e. The number of hydrogen-bond acceptors (Lipinski definition) is 4. The van der Waals surface area contributed by atoms with E-state index < -0.39 is 0 Å². The minimum Gasteiger partial charge on any atom is -0.381 e. The highest BCUT2D eigenvalue weighted by atomic mass is 127. The molecule has 2 aliphatic rings. The van der Waals surface area contributed by atoms with Crippen molar-refractivity contribution in [2.75, 3.05) is 53.0 Å². The number of hydrogen-bond donors (Lipinski definition) is 3. The van der Waals surface area contributed by atoms with Gasteiger partial charge in [0.15, 0.2) is 5.96 Å². The van der Waals surface area contributed by atoms with E-state index in [1.165, 1.54) is 13.0 Å². The molecule has 2 saturated heterocycles. The third-order valence-electron chi connectivity index (χ3n) is 4.93. The van der Waals surface area contributed by atoms with Gasteiger partial charge < -0.3 is 25.6 Å². The Balaban J connectivity index is 0.00000338. The number of likely N-dealkylation sites (tertiary alicyclic amines) is 1. The van der Waals surface area contributed by atoms with Crippen molar-refractivity contribution in [2.45, 2.75) is 39.2 Å². The van der Waals surface area contributed by atoms with Crippen LogP contribution in [0.1, 0.15) is 33.1 Å². The van der Waals surface area contributed by atoms with E-state index in [0.29, 0.717) is 19.1 Å². The van der Waals surface area contributed by atoms with E-state index in [0.717, 1.165) is 51.0 Å². The van der Waals surface area contributed by atoms with Crippen LogP contribution in [0.4, 0.5) is 0 Å². The van der Waals surface area contributed by atoms with Gasteiger partial charge in [-0.25, -0.2) is 0 Å². The summed E-state index contributed by atoms with van der Waals surface area (Å²) in [5.41, 5.74) is 0. The molecule has 7 nitrogen and oxygen atoms in total. The van der Waals surface area contributed by atoms with E-state index in [4.69, 9.17) is 4.74 Å². The van der Waals surface area contributed by atoms with Gasteiger partial charge in [-0.1, -0.05) is 13.8 Å². The maximum atomic E-state index is 11.5. The molecular weight excluding hydrogens is 445 g/mol. The minimum atomic E-state index is 0. The Morgan fingerprint density at radius 2 is 1.88 bits per heavy atom. The number of guanidine groups is 1. The number of nitrogens with one attached hydrogen (secondary N) is 3. The molecule has 8 heteroatoms. The molecule has 0 aliphatic carbocycles. The predicted molar refractivity (Wildman–Crippen MR) is 116 cm³/mol. The van der Waals surface area contributed by atoms with Crippen molar-refractivity contribution in [3.63, 3.8) is 0 Å². The van der Waals surface area contributed by atoms with Crippen LogP contribution in [0.2, 0.25) is 0 Å². The molecule has 2 aliphatic heterocycles. The van der Waals surface area contributed by atoms with Crippen LogP contribution in [0.25, 0.3) is 0 Å². The first kappa shape index (κ1) is 23.4. The number of ether oxygens (including phenoxy) is 1. The second-order valence-corrected chi connectivity index (χ2v) is 7.39. The van der Waals surface area contributed by atoms with Crippen LogP contribution in [-0.2, 0) is 9.53 Å². The molecule has 26 heavy (non-hydrogen) atoms. The zero-order chi connectivity index (χ0) is 18.1. The molecule has 2 heterocycles. The first-order chi connectivity index (χ1) is 12.1. The lowest BCUT2D eigenvalue weighted by Gasteiger charge is -2.34. The highest BCUT2D eigenvalue weighted by molar-refractivity contribution is 14.0. The second-order valence-electron chi connectivity index (χ2n) is 7.39. The van der Waals surface area contributed by atoms with Crippen LogP contribution in [0.5, 0.6) is 0 Å². The van der Waals surface area contributed by atoms with Gasteiger partial charge in [0.25, 0.3) is 0 Å². The lowest BCUT2D eigenvalue weighted by molar-refractivity contribution is -0.123. The first-order valence-corrected chi connectivity index (χ1v) is 9.63. The predicted octanol–water partition coefficient (Wildman–Crippen LogP) is 1.04. The standard InChI is InChI=1S/C18H35N5O2.HI/c1-14(2)17(24)20-7-8-21-18(19-3)22-16-4-9-23(10-5-16)12-15-6-11-25-13-15;/h14-16H,4-13H2,1-3H3,(H,20,24)(H2,19,21,22);1H. The van der Waals surface area contributed by atoms with Crippen molar-refractivity contribution in [1.82, 2.24) is 20.9 Å². The van der Waals surface area contributed by atoms with Crippen LogP contribution < -0.4 is 16.0 Å². The number of nitrogens with zero attached hydrogens (tertiary/aromatic N) is 2. The van der Waals surface area contributed by atoms with E-state index in [9.17, 15) is 4.79 Å². The summed E-state index contributed by atoms with van der Waals surface area (Å²) < 4.78 is 5.47. The molecule has 0 saturated carbocycles. The van der Waals surface area contributed by atoms with Crippen molar-refractivity contribution >= 4 is 35.8 Å². The smallest absolute Gasteiger partial charge is 0.222 e. The number of carbonyl (C=O) groups is 1. The Morgan fingerprint density at radius 3 is 2.46 bits per heavy atom. The van der Waals surface area contributed by atoms with Gasteiger partial charge in [0.05, 0.1) is 6.61 Å². The Kier molecular flexibility index (Phi) is 11.5. The Morgan fingerprint density at radius 1 is 1.19 bits per heavy atom. The molecule has 0 spiro atoms. The number of rotatable bonds is 7. The van der Waals surface area contributed by atoms with E-state index in [2.05, 4.69) is 25.8 Å². The van der Waals surface area contributed by atoms with E-state index in [-0.39, 0.29) is 35.8 Å². The Labute approximate surface area is 175 Å². The fraction of sp³-hybridized carbons (Fsp3) is 0.889. The summed E-state index contributed by atoms with van der Waals surface area (Å²) in [4.78, 5) is 18.4. The number of aliphatic imine (C=N–C) groups is 1. The molecule has 1 amide bonds. The molecule has 0 aromatic heterocycles. The van der Waals surface area contributed by atoms with Gasteiger partial charge in [0, 0.05) is 58.3 Å². The van der Waals surface area contributed by atoms with Crippen molar-refractivity contribution < 1.29 is 9.53 Å². The minimum absolute atomic E-state index is 0. The summed E-state index contributed by atoms with van der Waals surface area (Å²) >= 11 is 0. The third kappa shape index (κ3) is 8.39. The average molecular weight is 481 g/mol. The van der Waals surface area contributed by atoms with Gasteiger partial charge in [-0.3, -0.25) is 9.79 Å². The van der Waals surface area contributed by atoms with Gasteiger partial charge in [0.1, 0.15) is 0 Å². The van der Waals surface area contributed by atoms with Gasteiger partial charge in [-0.15, -0.1) is 24.0 Å². The normalized spacial score (nSPS) is 22.2. The topological polar surface area (TPSA) is 78.0 Å². The lowest BCUT2D eigenvalue weighted by Crippen LogP contribution is -2.50. The van der Waals surface area contributed by atoms with E-state index >= 15 is 0 Å². The molecule has 0 radical (unpaired) electrons. The first-order valence-electron chi connectivity index (χ1n) is 9.63. The van der Waals surface area contributed by atoms with Crippen LogP contribution in [0.3, 0.4) is 0 Å². The van der Waals surface area contributed by atoms with Crippen molar-refractivity contribution in [1.29, 1.82) is 0 Å². The SMILES string of the molecule is CN=C(NCCNC(=O)C(C)C)NC1CCN(CC2CCOC2)CC1.I. The zero-order valence-electron chi connectivity index (χ0n) is 16.4. The fourth-order valence-corrected chi connectivity index (χ4v) is 3.31. The summed E-state index contributed by atoms with van der Waals surface area (Å²) in [5, 5.41) is 9.68. The Bertz CT molecular complexity index is 433. The van der Waals surface area contributed by atoms with Crippen LogP contribution >= 0.6 is 24.0 Å². The van der Waals surface area contributed by atoms with Gasteiger partial charge in [-0.05, 0) is 25.2 Å². The van der Waals surface area contributed by atoms with Crippen molar-refractivity contribution in [3.05, 3.63) is 0 Å². The van der Waals surface area contributed by atoms with Gasteiger partial charge in [-0.2, -0.15) is 0 Å². The number of piperidine rings is 1. The summed E-state index contributed by atoms with van der Waals surface area (Å²) in [6.45, 7) is 10.4. The Hall–Kier alpha value is -0.610. The molecule has 2 fully saturated rings. The summed E-state index contributed by atoms with van der Waals surface area (Å²) in [6, 6.07) is 0.465. The molecule has 0 aromatic rings. The maximum Gasteiger partial charge on any atom is 0.222 e. The summed E-state index contributed by atoms with van der Waals surface area (Å²) in [5.74, 6) is 1.66. The van der Waals surface area contributed by atoms with Crippen LogP contribution in [0.15, 0.2) is 4.99 Å². The monoisotopic (exact) mass is 481 g/mol. The van der Waals surface area contributed by atoms with Crippen molar-refractivity contribution in [3.8, 4) is 0 Å². The number of amides is 1. The van der Waals surface area contributed by atoms with Crippen molar-refractivity contribution in [2.24, 2.45) is 16.8 Å². The molecule has 1 atom stereocenters. The quantitative estimate of drug-likeness (QED) is 0.219. The van der Waals surface area contributed by atoms with E-state index in [1.807, 2.05) is 13.8 Å². The van der Waals surface area contributed by atoms with Gasteiger partial charge in [0.2, 0.25) is 5.91 Å². The fourth-order valence-electron chi connectivity index (χ4n) is 3.31. The second kappa shape index (κ2) is 12.7. The maximum absolute atomic E-state index is 11.5. The summed E-state index contributed by atoms with van der Waals surface area (Å²) in [6.07, 6.45) is 3.48. The molecule has 0 aromatic carbocycles. The molecule has 1 unspecified atom stereocenters. The average Bonchev–Trinajstić information content (AvgIpc) is 3.11. The number of halogens is 1. The molecule has 2 rings (SSSR count). The lowest BCUT2D eigenvalue weighted by atomic mass is 10.0. The van der Waals surface area contributed by atoms with E-state index in [1.54, 1.807) is 7.05 Å². The molecule has 0 bridgehead atoms. The third-order valence-corrected chi connectivity index (χ3v) is 4.93. The highest BCUT2D eigenvalue weighted by Gasteiger charge is 2.24. The molecule has 3 N–H and O–H groups in total. The van der Waals surface area contributed by atoms with Crippen LogP contribution in [0, 0.1) is 11.8 Å². The summed E-state index contributed by atoms with van der Waals surface area (Å²) in [7, 11) is 1.79. The van der Waals surface area contributed by atoms with Crippen LogP contribution in [-0.4, -0.2) is 75.8 Å². The molecule has 152 valence electrons. The van der Waals surface area contributed by atoms with Gasteiger partial charge >= 0.3 is 0 Å².